The molecule has 1 saturated heterocycles. The van der Waals surface area contributed by atoms with Crippen molar-refractivity contribution >= 4 is 40.7 Å². The van der Waals surface area contributed by atoms with Gasteiger partial charge in [0.25, 0.3) is 0 Å². The van der Waals surface area contributed by atoms with Crippen LogP contribution in [0.4, 0.5) is 5.69 Å². The van der Waals surface area contributed by atoms with Gasteiger partial charge in [-0.25, -0.2) is 0 Å². The molecule has 2 aliphatic heterocycles. The predicted octanol–water partition coefficient (Wildman–Crippen LogP) is 5.67. The number of hydrogen-bond acceptors (Lipinski definition) is 4. The number of halogens is 1. The first-order valence-electron chi connectivity index (χ1n) is 11.4. The van der Waals surface area contributed by atoms with Crippen LogP contribution < -0.4 is 4.90 Å². The largest absolute Gasteiger partial charge is 0.352 e. The third kappa shape index (κ3) is 2.57. The fourth-order valence-electron chi connectivity index (χ4n) is 6.27. The highest BCUT2D eigenvalue weighted by atomic mass is 35.5. The second-order valence-electron chi connectivity index (χ2n) is 9.43. The second kappa shape index (κ2) is 7.25. The van der Waals surface area contributed by atoms with E-state index < -0.39 is 23.4 Å². The van der Waals surface area contributed by atoms with Gasteiger partial charge < -0.3 is 4.90 Å². The van der Waals surface area contributed by atoms with Crippen LogP contribution >= 0.6 is 11.6 Å². The Morgan fingerprint density at radius 3 is 2.21 bits per heavy atom. The Balaban J connectivity index is 1.69. The van der Waals surface area contributed by atoms with E-state index in [-0.39, 0.29) is 17.3 Å². The molecular formula is C29H22ClNO3. The van der Waals surface area contributed by atoms with E-state index in [0.717, 1.165) is 22.4 Å². The van der Waals surface area contributed by atoms with Gasteiger partial charge in [0.2, 0.25) is 0 Å². The number of carbonyl (C=O) groups is 3. The number of anilines is 1. The summed E-state index contributed by atoms with van der Waals surface area (Å²) in [5, 5.41) is 0.557. The van der Waals surface area contributed by atoms with Crippen molar-refractivity contribution in [3.05, 3.63) is 106 Å². The second-order valence-corrected chi connectivity index (χ2v) is 9.87. The smallest absolute Gasteiger partial charge is 0.180 e. The Morgan fingerprint density at radius 2 is 1.59 bits per heavy atom. The SMILES string of the molecule is CC(=O)[C@@H]1[C@H](c2ccc(Cl)cc2)C2(C(=O)c3ccccc3C2=O)[C@H]2C=Cc3ccc(C)cc3N12. The molecule has 0 aromatic heterocycles. The van der Waals surface area contributed by atoms with Gasteiger partial charge in [0.1, 0.15) is 5.41 Å². The first-order valence-corrected chi connectivity index (χ1v) is 11.7. The monoisotopic (exact) mass is 467 g/mol. The van der Waals surface area contributed by atoms with Gasteiger partial charge in [-0.05, 0) is 48.7 Å². The third-order valence-electron chi connectivity index (χ3n) is 7.61. The van der Waals surface area contributed by atoms with Crippen LogP contribution in [-0.2, 0) is 4.79 Å². The standard InChI is InChI=1S/C29H22ClNO3/c1-16-7-8-18-11-14-24-29(27(33)21-5-3-4-6-22(21)28(29)34)25(19-9-12-20(30)13-10-19)26(17(2)32)31(24)23(18)15-16/h3-15,24-26H,1-2H3/t24-,25+,26-/m1/s1. The minimum absolute atomic E-state index is 0.0823. The number of aryl methyl sites for hydroxylation is 1. The number of hydrogen-bond donors (Lipinski definition) is 0. The van der Waals surface area contributed by atoms with Crippen molar-refractivity contribution in [2.75, 3.05) is 4.90 Å². The molecule has 0 N–H and O–H groups in total. The maximum Gasteiger partial charge on any atom is 0.180 e. The fraction of sp³-hybridized carbons (Fsp3) is 0.207. The zero-order valence-electron chi connectivity index (χ0n) is 18.8. The predicted molar refractivity (Wildman–Crippen MR) is 133 cm³/mol. The van der Waals surface area contributed by atoms with E-state index >= 15 is 0 Å². The van der Waals surface area contributed by atoms with E-state index in [1.165, 1.54) is 0 Å². The van der Waals surface area contributed by atoms with E-state index in [0.29, 0.717) is 16.1 Å². The van der Waals surface area contributed by atoms with Crippen LogP contribution in [0.1, 0.15) is 50.2 Å². The lowest BCUT2D eigenvalue weighted by molar-refractivity contribution is -0.118. The minimum atomic E-state index is -1.44. The van der Waals surface area contributed by atoms with Crippen molar-refractivity contribution in [3.63, 3.8) is 0 Å². The fourth-order valence-corrected chi connectivity index (χ4v) is 6.39. The number of benzene rings is 3. The molecule has 4 nitrogen and oxygen atoms in total. The molecule has 0 radical (unpaired) electrons. The molecule has 1 fully saturated rings. The van der Waals surface area contributed by atoms with E-state index in [1.54, 1.807) is 43.3 Å². The van der Waals surface area contributed by atoms with Crippen molar-refractivity contribution in [2.24, 2.45) is 5.41 Å². The zero-order valence-corrected chi connectivity index (χ0v) is 19.5. The van der Waals surface area contributed by atoms with Crippen LogP contribution in [0.15, 0.2) is 72.8 Å². The van der Waals surface area contributed by atoms with Gasteiger partial charge in [0, 0.05) is 27.8 Å². The van der Waals surface area contributed by atoms with Gasteiger partial charge >= 0.3 is 0 Å². The van der Waals surface area contributed by atoms with Gasteiger partial charge in [-0.15, -0.1) is 0 Å². The Bertz CT molecular complexity index is 1390. The molecule has 3 aliphatic rings. The van der Waals surface area contributed by atoms with Gasteiger partial charge in [-0.1, -0.05) is 72.3 Å². The Morgan fingerprint density at radius 1 is 0.941 bits per heavy atom. The molecule has 0 unspecified atom stereocenters. The van der Waals surface area contributed by atoms with Crippen molar-refractivity contribution in [1.82, 2.24) is 0 Å². The normalized spacial score (nSPS) is 23.7. The van der Waals surface area contributed by atoms with Crippen molar-refractivity contribution in [3.8, 4) is 0 Å². The van der Waals surface area contributed by atoms with E-state index in [9.17, 15) is 14.4 Å². The zero-order chi connectivity index (χ0) is 23.8. The number of rotatable bonds is 2. The van der Waals surface area contributed by atoms with Gasteiger partial charge in [-0.2, -0.15) is 0 Å². The van der Waals surface area contributed by atoms with Gasteiger partial charge in [-0.3, -0.25) is 14.4 Å². The maximum atomic E-state index is 14.3. The summed E-state index contributed by atoms with van der Waals surface area (Å²) in [7, 11) is 0. The van der Waals surface area contributed by atoms with Crippen LogP contribution in [0.25, 0.3) is 6.08 Å². The average Bonchev–Trinajstić information content (AvgIpc) is 3.27. The van der Waals surface area contributed by atoms with Crippen LogP contribution in [0.5, 0.6) is 0 Å². The molecule has 0 amide bonds. The molecule has 5 heteroatoms. The summed E-state index contributed by atoms with van der Waals surface area (Å²) in [6, 6.07) is 19.0. The van der Waals surface area contributed by atoms with Gasteiger partial charge in [0.15, 0.2) is 17.3 Å². The molecule has 0 bridgehead atoms. The highest BCUT2D eigenvalue weighted by Gasteiger charge is 2.71. The Labute approximate surface area is 202 Å². The molecule has 3 atom stereocenters. The summed E-state index contributed by atoms with van der Waals surface area (Å²) in [5.74, 6) is -1.17. The lowest BCUT2D eigenvalue weighted by atomic mass is 9.64. The molecule has 1 spiro atoms. The van der Waals surface area contributed by atoms with E-state index in [1.807, 2.05) is 54.3 Å². The summed E-state index contributed by atoms with van der Waals surface area (Å²) in [5.41, 5.74) is 3.07. The topological polar surface area (TPSA) is 54.5 Å². The van der Waals surface area contributed by atoms with Crippen LogP contribution in [0.2, 0.25) is 5.02 Å². The summed E-state index contributed by atoms with van der Waals surface area (Å²) < 4.78 is 0. The molecule has 0 saturated carbocycles. The molecule has 3 aromatic rings. The number of carbonyl (C=O) groups excluding carboxylic acids is 3. The molecule has 34 heavy (non-hydrogen) atoms. The van der Waals surface area contributed by atoms with Crippen LogP contribution in [-0.4, -0.2) is 29.4 Å². The first-order chi connectivity index (χ1) is 16.4. The van der Waals surface area contributed by atoms with Crippen molar-refractivity contribution in [2.45, 2.75) is 31.8 Å². The first kappa shape index (κ1) is 21.1. The van der Waals surface area contributed by atoms with E-state index in [4.69, 9.17) is 11.6 Å². The van der Waals surface area contributed by atoms with Crippen LogP contribution in [0, 0.1) is 12.3 Å². The highest BCUT2D eigenvalue weighted by Crippen LogP contribution is 2.60. The Hall–Kier alpha value is -3.50. The quantitative estimate of drug-likeness (QED) is 0.455. The molecule has 2 heterocycles. The third-order valence-corrected chi connectivity index (χ3v) is 7.86. The number of fused-ring (bicyclic) bond motifs is 5. The molecule has 3 aromatic carbocycles. The summed E-state index contributed by atoms with van der Waals surface area (Å²) in [6.07, 6.45) is 3.91. The van der Waals surface area contributed by atoms with Crippen LogP contribution in [0.3, 0.4) is 0 Å². The summed E-state index contributed by atoms with van der Waals surface area (Å²) >= 11 is 6.18. The molecular weight excluding hydrogens is 446 g/mol. The number of ketones is 3. The molecule has 6 rings (SSSR count). The van der Waals surface area contributed by atoms with Gasteiger partial charge in [0.05, 0.1) is 12.1 Å². The minimum Gasteiger partial charge on any atom is -0.352 e. The molecule has 1 aliphatic carbocycles. The lowest BCUT2D eigenvalue weighted by Crippen LogP contribution is -2.48. The number of Topliss-reactive ketones (excluding diaryl/α,β-unsaturated/α-hetero) is 3. The average molecular weight is 468 g/mol. The lowest BCUT2D eigenvalue weighted by Gasteiger charge is -2.37. The Kier molecular flexibility index (Phi) is 4.49. The summed E-state index contributed by atoms with van der Waals surface area (Å²) in [4.78, 5) is 43.9. The number of nitrogens with zero attached hydrogens (tertiary/aromatic N) is 1. The maximum absolute atomic E-state index is 14.3. The van der Waals surface area contributed by atoms with Crippen molar-refractivity contribution < 1.29 is 14.4 Å². The summed E-state index contributed by atoms with van der Waals surface area (Å²) in [6.45, 7) is 3.55. The van der Waals surface area contributed by atoms with Crippen molar-refractivity contribution in [1.29, 1.82) is 0 Å². The highest BCUT2D eigenvalue weighted by molar-refractivity contribution is 6.32. The molecule has 168 valence electrons. The van der Waals surface area contributed by atoms with E-state index in [2.05, 4.69) is 0 Å².